The van der Waals surface area contributed by atoms with Crippen molar-refractivity contribution in [2.75, 3.05) is 20.1 Å². The van der Waals surface area contributed by atoms with Gasteiger partial charge in [-0.25, -0.2) is 8.42 Å². The molecule has 0 spiro atoms. The van der Waals surface area contributed by atoms with Gasteiger partial charge in [-0.05, 0) is 55.9 Å². The number of rotatable bonds is 5. The highest BCUT2D eigenvalue weighted by molar-refractivity contribution is 7.89. The van der Waals surface area contributed by atoms with E-state index in [0.717, 1.165) is 24.0 Å². The SMILES string of the molecule is Cc1ccc(CN(C)C(=O)c2cc(S(=O)(=O)N3CCC(C)CC3)ccc2C)cc1. The summed E-state index contributed by atoms with van der Waals surface area (Å²) in [5, 5.41) is 0. The lowest BCUT2D eigenvalue weighted by Crippen LogP contribution is -2.38. The predicted octanol–water partition coefficient (Wildman–Crippen LogP) is 4.00. The first kappa shape index (κ1) is 21.5. The zero-order valence-electron chi connectivity index (χ0n) is 17.7. The van der Waals surface area contributed by atoms with Crippen LogP contribution in [0.25, 0.3) is 0 Å². The van der Waals surface area contributed by atoms with Crippen LogP contribution in [-0.2, 0) is 16.6 Å². The predicted molar refractivity (Wildman–Crippen MR) is 115 cm³/mol. The van der Waals surface area contributed by atoms with Crippen molar-refractivity contribution >= 4 is 15.9 Å². The van der Waals surface area contributed by atoms with Gasteiger partial charge in [0.1, 0.15) is 0 Å². The molecule has 0 N–H and O–H groups in total. The smallest absolute Gasteiger partial charge is 0.254 e. The number of carbonyl (C=O) groups excluding carboxylic acids is 1. The second-order valence-corrected chi connectivity index (χ2v) is 10.1. The molecule has 1 amide bonds. The van der Waals surface area contributed by atoms with Crippen LogP contribution < -0.4 is 0 Å². The van der Waals surface area contributed by atoms with Gasteiger partial charge < -0.3 is 4.90 Å². The largest absolute Gasteiger partial charge is 0.337 e. The fourth-order valence-electron chi connectivity index (χ4n) is 3.61. The fourth-order valence-corrected chi connectivity index (χ4v) is 5.11. The Bertz CT molecular complexity index is 976. The third-order valence-corrected chi connectivity index (χ3v) is 7.60. The molecule has 156 valence electrons. The van der Waals surface area contributed by atoms with Gasteiger partial charge in [0.25, 0.3) is 5.91 Å². The third kappa shape index (κ3) is 4.87. The molecule has 3 rings (SSSR count). The molecule has 1 fully saturated rings. The third-order valence-electron chi connectivity index (χ3n) is 5.71. The van der Waals surface area contributed by atoms with Gasteiger partial charge in [-0.3, -0.25) is 4.79 Å². The molecule has 0 saturated carbocycles. The number of nitrogens with zero attached hydrogens (tertiary/aromatic N) is 2. The summed E-state index contributed by atoms with van der Waals surface area (Å²) in [6.07, 6.45) is 1.74. The monoisotopic (exact) mass is 414 g/mol. The van der Waals surface area contributed by atoms with E-state index in [-0.39, 0.29) is 10.8 Å². The van der Waals surface area contributed by atoms with Crippen LogP contribution in [0.15, 0.2) is 47.4 Å². The first-order valence-corrected chi connectivity index (χ1v) is 11.5. The van der Waals surface area contributed by atoms with Gasteiger partial charge in [-0.1, -0.05) is 42.8 Å². The van der Waals surface area contributed by atoms with Gasteiger partial charge in [0.15, 0.2) is 0 Å². The highest BCUT2D eigenvalue weighted by Crippen LogP contribution is 2.25. The number of sulfonamides is 1. The molecule has 0 atom stereocenters. The molecule has 0 aromatic heterocycles. The highest BCUT2D eigenvalue weighted by Gasteiger charge is 2.29. The van der Waals surface area contributed by atoms with E-state index in [4.69, 9.17) is 0 Å². The summed E-state index contributed by atoms with van der Waals surface area (Å²) in [5.74, 6) is 0.374. The normalized spacial score (nSPS) is 16.0. The number of hydrogen-bond acceptors (Lipinski definition) is 3. The van der Waals surface area contributed by atoms with E-state index in [1.807, 2.05) is 38.1 Å². The van der Waals surface area contributed by atoms with Crippen LogP contribution in [0.3, 0.4) is 0 Å². The second-order valence-electron chi connectivity index (χ2n) is 8.21. The lowest BCUT2D eigenvalue weighted by Gasteiger charge is -2.29. The molecule has 1 aliphatic heterocycles. The Labute approximate surface area is 174 Å². The van der Waals surface area contributed by atoms with Crippen LogP contribution in [0.2, 0.25) is 0 Å². The first-order chi connectivity index (χ1) is 13.7. The van der Waals surface area contributed by atoms with Gasteiger partial charge >= 0.3 is 0 Å². The summed E-state index contributed by atoms with van der Waals surface area (Å²) in [6.45, 7) is 7.56. The molecule has 5 nitrogen and oxygen atoms in total. The molecule has 1 saturated heterocycles. The minimum Gasteiger partial charge on any atom is -0.337 e. The molecule has 0 aliphatic carbocycles. The lowest BCUT2D eigenvalue weighted by atomic mass is 10.0. The molecule has 1 aliphatic rings. The van der Waals surface area contributed by atoms with Crippen LogP contribution in [0.4, 0.5) is 0 Å². The minimum atomic E-state index is -3.58. The topological polar surface area (TPSA) is 57.7 Å². The van der Waals surface area contributed by atoms with Gasteiger partial charge in [-0.2, -0.15) is 4.31 Å². The fraction of sp³-hybridized carbons (Fsp3) is 0.435. The van der Waals surface area contributed by atoms with Crippen molar-refractivity contribution in [1.29, 1.82) is 0 Å². The van der Waals surface area contributed by atoms with E-state index in [1.54, 1.807) is 28.4 Å². The Morgan fingerprint density at radius 2 is 1.69 bits per heavy atom. The molecule has 29 heavy (non-hydrogen) atoms. The van der Waals surface area contributed by atoms with E-state index >= 15 is 0 Å². The summed E-state index contributed by atoms with van der Waals surface area (Å²) < 4.78 is 27.7. The standard InChI is InChI=1S/C23H30N2O3S/c1-17-5-8-20(9-6-17)16-24(4)23(26)22-15-21(10-7-19(22)3)29(27,28)25-13-11-18(2)12-14-25/h5-10,15,18H,11-14,16H2,1-4H3. The maximum atomic E-state index is 13.1. The van der Waals surface area contributed by atoms with Crippen molar-refractivity contribution in [3.05, 3.63) is 64.7 Å². The Balaban J connectivity index is 1.82. The van der Waals surface area contributed by atoms with Crippen molar-refractivity contribution in [1.82, 2.24) is 9.21 Å². The Morgan fingerprint density at radius 1 is 1.07 bits per heavy atom. The maximum absolute atomic E-state index is 13.1. The van der Waals surface area contributed by atoms with E-state index in [2.05, 4.69) is 6.92 Å². The quantitative estimate of drug-likeness (QED) is 0.743. The van der Waals surface area contributed by atoms with E-state index in [0.29, 0.717) is 31.1 Å². The molecule has 2 aromatic rings. The summed E-state index contributed by atoms with van der Waals surface area (Å²) in [4.78, 5) is 14.9. The zero-order valence-corrected chi connectivity index (χ0v) is 18.5. The van der Waals surface area contributed by atoms with Crippen molar-refractivity contribution in [2.45, 2.75) is 45.1 Å². The molecule has 0 radical (unpaired) electrons. The van der Waals surface area contributed by atoms with Crippen molar-refractivity contribution in [2.24, 2.45) is 5.92 Å². The van der Waals surface area contributed by atoms with Gasteiger partial charge in [-0.15, -0.1) is 0 Å². The summed E-state index contributed by atoms with van der Waals surface area (Å²) in [7, 11) is -1.84. The van der Waals surface area contributed by atoms with E-state index in [1.165, 1.54) is 11.6 Å². The van der Waals surface area contributed by atoms with Gasteiger partial charge in [0, 0.05) is 32.2 Å². The Hall–Kier alpha value is -2.18. The van der Waals surface area contributed by atoms with E-state index in [9.17, 15) is 13.2 Å². The van der Waals surface area contributed by atoms with Gasteiger partial charge in [0.2, 0.25) is 10.0 Å². The molecule has 2 aromatic carbocycles. The average molecular weight is 415 g/mol. The van der Waals surface area contributed by atoms with Crippen molar-refractivity contribution in [3.63, 3.8) is 0 Å². The number of hydrogen-bond donors (Lipinski definition) is 0. The van der Waals surface area contributed by atoms with E-state index < -0.39 is 10.0 Å². The zero-order chi connectivity index (χ0) is 21.2. The lowest BCUT2D eigenvalue weighted by molar-refractivity contribution is 0.0784. The Kier molecular flexibility index (Phi) is 6.44. The minimum absolute atomic E-state index is 0.174. The number of carbonyl (C=O) groups is 1. The van der Waals surface area contributed by atoms with Crippen LogP contribution in [-0.4, -0.2) is 43.7 Å². The molecule has 0 unspecified atom stereocenters. The number of amides is 1. The number of benzene rings is 2. The van der Waals surface area contributed by atoms with Crippen molar-refractivity contribution < 1.29 is 13.2 Å². The summed E-state index contributed by atoms with van der Waals surface area (Å²) in [5.41, 5.74) is 3.42. The molecular weight excluding hydrogens is 384 g/mol. The first-order valence-electron chi connectivity index (χ1n) is 10.1. The maximum Gasteiger partial charge on any atom is 0.254 e. The van der Waals surface area contributed by atoms with Crippen LogP contribution in [0, 0.1) is 19.8 Å². The number of aryl methyl sites for hydroxylation is 2. The molecule has 1 heterocycles. The molecule has 6 heteroatoms. The molecular formula is C23H30N2O3S. The van der Waals surface area contributed by atoms with Crippen LogP contribution >= 0.6 is 0 Å². The summed E-state index contributed by atoms with van der Waals surface area (Å²) in [6, 6.07) is 12.9. The van der Waals surface area contributed by atoms with Gasteiger partial charge in [0.05, 0.1) is 4.90 Å². The Morgan fingerprint density at radius 3 is 2.31 bits per heavy atom. The number of piperidine rings is 1. The molecule has 0 bridgehead atoms. The van der Waals surface area contributed by atoms with Crippen LogP contribution in [0.1, 0.15) is 46.8 Å². The van der Waals surface area contributed by atoms with Crippen LogP contribution in [0.5, 0.6) is 0 Å². The van der Waals surface area contributed by atoms with Crippen molar-refractivity contribution in [3.8, 4) is 0 Å². The average Bonchev–Trinajstić information content (AvgIpc) is 2.69. The second kappa shape index (κ2) is 8.67. The summed E-state index contributed by atoms with van der Waals surface area (Å²) >= 11 is 0. The highest BCUT2D eigenvalue weighted by atomic mass is 32.2.